The van der Waals surface area contributed by atoms with Crippen LogP contribution in [-0.2, 0) is 9.47 Å². The second-order valence-electron chi connectivity index (χ2n) is 8.95. The van der Waals surface area contributed by atoms with Crippen LogP contribution in [0.2, 0.25) is 0 Å². The number of nitriles is 1. The van der Waals surface area contributed by atoms with Gasteiger partial charge in [-0.25, -0.2) is 4.39 Å². The minimum absolute atomic E-state index is 0.0557. The molecule has 1 aromatic carbocycles. The topological polar surface area (TPSA) is 42.2 Å². The van der Waals surface area contributed by atoms with Gasteiger partial charge in [0.15, 0.2) is 6.29 Å². The maximum Gasteiger partial charge on any atom is 0.183 e. The fraction of sp³-hybridized carbons (Fsp3) is 0.720. The van der Waals surface area contributed by atoms with Crippen LogP contribution in [-0.4, -0.2) is 13.2 Å². The van der Waals surface area contributed by atoms with Gasteiger partial charge in [-0.05, 0) is 36.8 Å². The van der Waals surface area contributed by atoms with E-state index >= 15 is 0 Å². The van der Waals surface area contributed by atoms with Gasteiger partial charge in [-0.3, -0.25) is 0 Å². The first-order valence-corrected chi connectivity index (χ1v) is 11.6. The molecule has 2 aliphatic rings. The zero-order chi connectivity index (χ0) is 20.5. The van der Waals surface area contributed by atoms with Crippen LogP contribution in [0.15, 0.2) is 18.2 Å². The van der Waals surface area contributed by atoms with Gasteiger partial charge in [0, 0.05) is 11.5 Å². The van der Waals surface area contributed by atoms with E-state index < -0.39 is 12.1 Å². The highest BCUT2D eigenvalue weighted by Crippen LogP contribution is 2.38. The third kappa shape index (κ3) is 6.52. The van der Waals surface area contributed by atoms with Crippen LogP contribution in [0.3, 0.4) is 0 Å². The Bertz CT molecular complexity index is 655. The molecule has 0 radical (unpaired) electrons. The van der Waals surface area contributed by atoms with Crippen molar-refractivity contribution in [3.05, 3.63) is 35.1 Å². The van der Waals surface area contributed by atoms with Crippen LogP contribution >= 0.6 is 0 Å². The zero-order valence-electron chi connectivity index (χ0n) is 17.9. The third-order valence-electron chi connectivity index (χ3n) is 6.83. The lowest BCUT2D eigenvalue weighted by Gasteiger charge is -2.38. The summed E-state index contributed by atoms with van der Waals surface area (Å²) < 4.78 is 25.7. The number of hydrogen-bond donors (Lipinski definition) is 0. The van der Waals surface area contributed by atoms with E-state index in [0.717, 1.165) is 5.92 Å². The van der Waals surface area contributed by atoms with Crippen molar-refractivity contribution in [3.63, 3.8) is 0 Å². The van der Waals surface area contributed by atoms with Gasteiger partial charge in [-0.1, -0.05) is 70.8 Å². The van der Waals surface area contributed by atoms with Crippen molar-refractivity contribution in [2.75, 3.05) is 13.2 Å². The number of nitrogens with zero attached hydrogens (tertiary/aromatic N) is 1. The molecular weight excluding hydrogens is 365 g/mol. The van der Waals surface area contributed by atoms with Crippen molar-refractivity contribution in [2.45, 2.75) is 83.8 Å². The highest BCUT2D eigenvalue weighted by Gasteiger charge is 2.32. The van der Waals surface area contributed by atoms with Gasteiger partial charge < -0.3 is 9.47 Å². The Kier molecular flexibility index (Phi) is 8.95. The number of hydrogen-bond acceptors (Lipinski definition) is 3. The number of benzene rings is 1. The molecule has 0 N–H and O–H groups in total. The zero-order valence-corrected chi connectivity index (χ0v) is 17.9. The largest absolute Gasteiger partial charge is 0.348 e. The highest BCUT2D eigenvalue weighted by molar-refractivity contribution is 5.33. The molecule has 3 nitrogen and oxygen atoms in total. The maximum absolute atomic E-state index is 13.8. The Morgan fingerprint density at radius 2 is 1.66 bits per heavy atom. The smallest absolute Gasteiger partial charge is 0.183 e. The first-order valence-electron chi connectivity index (χ1n) is 11.6. The third-order valence-corrected chi connectivity index (χ3v) is 6.83. The summed E-state index contributed by atoms with van der Waals surface area (Å²) in [4.78, 5) is 0. The van der Waals surface area contributed by atoms with Gasteiger partial charge in [0.25, 0.3) is 0 Å². The monoisotopic (exact) mass is 401 g/mol. The number of rotatable bonds is 9. The SMILES string of the molecule is CCCCCCCCC1CCC(C2COC(c3ccc(C#N)c(F)c3)OC2)CC1. The van der Waals surface area contributed by atoms with Crippen LogP contribution < -0.4 is 0 Å². The van der Waals surface area contributed by atoms with Gasteiger partial charge in [-0.15, -0.1) is 0 Å². The van der Waals surface area contributed by atoms with Crippen molar-refractivity contribution in [1.82, 2.24) is 0 Å². The summed E-state index contributed by atoms with van der Waals surface area (Å²) in [6, 6.07) is 6.42. The molecule has 29 heavy (non-hydrogen) atoms. The molecule has 0 atom stereocenters. The second-order valence-corrected chi connectivity index (χ2v) is 8.95. The summed E-state index contributed by atoms with van der Waals surface area (Å²) in [6.07, 6.45) is 14.5. The van der Waals surface area contributed by atoms with E-state index in [0.29, 0.717) is 30.6 Å². The Hall–Kier alpha value is -1.44. The van der Waals surface area contributed by atoms with Crippen molar-refractivity contribution in [3.8, 4) is 6.07 Å². The quantitative estimate of drug-likeness (QED) is 0.422. The second kappa shape index (κ2) is 11.7. The van der Waals surface area contributed by atoms with E-state index in [1.54, 1.807) is 6.07 Å². The molecule has 160 valence electrons. The first-order chi connectivity index (χ1) is 14.2. The molecule has 1 aliphatic carbocycles. The van der Waals surface area contributed by atoms with E-state index in [9.17, 15) is 4.39 Å². The summed E-state index contributed by atoms with van der Waals surface area (Å²) >= 11 is 0. The lowest BCUT2D eigenvalue weighted by molar-refractivity contribution is -0.214. The normalized spacial score (nSPS) is 27.5. The standard InChI is InChI=1S/C25H36FNO2/c1-2-3-4-5-6-7-8-19-9-11-20(12-10-19)23-17-28-25(29-18-23)21-13-14-22(16-27)24(26)15-21/h13-15,19-20,23,25H,2-12,17-18H2,1H3. The van der Waals surface area contributed by atoms with E-state index in [4.69, 9.17) is 14.7 Å². The van der Waals surface area contributed by atoms with Crippen molar-refractivity contribution >= 4 is 0 Å². The summed E-state index contributed by atoms with van der Waals surface area (Å²) in [5.74, 6) is 1.54. The van der Waals surface area contributed by atoms with Crippen LogP contribution in [0.25, 0.3) is 0 Å². The van der Waals surface area contributed by atoms with Gasteiger partial charge in [0.1, 0.15) is 11.9 Å². The highest BCUT2D eigenvalue weighted by atomic mass is 19.1. The van der Waals surface area contributed by atoms with Gasteiger partial charge in [0.05, 0.1) is 18.8 Å². The molecule has 2 fully saturated rings. The molecule has 0 bridgehead atoms. The van der Waals surface area contributed by atoms with Crippen molar-refractivity contribution in [2.24, 2.45) is 17.8 Å². The summed E-state index contributed by atoms with van der Waals surface area (Å²) in [5, 5.41) is 8.86. The Morgan fingerprint density at radius 3 is 2.31 bits per heavy atom. The predicted octanol–water partition coefficient (Wildman–Crippen LogP) is 6.92. The lowest BCUT2D eigenvalue weighted by atomic mass is 9.74. The van der Waals surface area contributed by atoms with Gasteiger partial charge >= 0.3 is 0 Å². The number of ether oxygens (including phenoxy) is 2. The Labute approximate surface area is 175 Å². The summed E-state index contributed by atoms with van der Waals surface area (Å²) in [5.41, 5.74) is 0.711. The molecular formula is C25H36FNO2. The van der Waals surface area contributed by atoms with Crippen LogP contribution in [0.4, 0.5) is 4.39 Å². The molecule has 4 heteroatoms. The lowest BCUT2D eigenvalue weighted by Crippen LogP contribution is -2.34. The molecule has 1 saturated carbocycles. The first kappa shape index (κ1) is 22.2. The fourth-order valence-corrected chi connectivity index (χ4v) is 4.91. The molecule has 1 aliphatic heterocycles. The van der Waals surface area contributed by atoms with Crippen LogP contribution in [0, 0.1) is 34.9 Å². The van der Waals surface area contributed by atoms with Crippen molar-refractivity contribution < 1.29 is 13.9 Å². The van der Waals surface area contributed by atoms with Crippen LogP contribution in [0.5, 0.6) is 0 Å². The molecule has 0 spiro atoms. The summed E-state index contributed by atoms with van der Waals surface area (Å²) in [6.45, 7) is 3.63. The molecule has 0 amide bonds. The van der Waals surface area contributed by atoms with E-state index in [2.05, 4.69) is 6.92 Å². The molecule has 1 saturated heterocycles. The average Bonchev–Trinajstić information content (AvgIpc) is 2.77. The van der Waals surface area contributed by atoms with E-state index in [-0.39, 0.29) is 5.56 Å². The van der Waals surface area contributed by atoms with Crippen LogP contribution in [0.1, 0.15) is 95.0 Å². The Morgan fingerprint density at radius 1 is 0.966 bits per heavy atom. The van der Waals surface area contributed by atoms with E-state index in [1.165, 1.54) is 82.8 Å². The molecule has 0 unspecified atom stereocenters. The minimum atomic E-state index is -0.516. The predicted molar refractivity (Wildman–Crippen MR) is 113 cm³/mol. The van der Waals surface area contributed by atoms with Gasteiger partial charge in [-0.2, -0.15) is 5.26 Å². The molecule has 1 aromatic rings. The maximum atomic E-state index is 13.8. The molecule has 3 rings (SSSR count). The Balaban J connectivity index is 1.35. The fourth-order valence-electron chi connectivity index (χ4n) is 4.91. The van der Waals surface area contributed by atoms with Gasteiger partial charge in [0.2, 0.25) is 0 Å². The van der Waals surface area contributed by atoms with E-state index in [1.807, 2.05) is 6.07 Å². The summed E-state index contributed by atoms with van der Waals surface area (Å²) in [7, 11) is 0. The number of unbranched alkanes of at least 4 members (excludes halogenated alkanes) is 5. The molecule has 1 heterocycles. The van der Waals surface area contributed by atoms with Crippen molar-refractivity contribution in [1.29, 1.82) is 5.26 Å². The minimum Gasteiger partial charge on any atom is -0.348 e. The molecule has 0 aromatic heterocycles. The average molecular weight is 402 g/mol. The number of halogens is 1.